The number of rotatable bonds is 3. The van der Waals surface area contributed by atoms with Gasteiger partial charge in [0.05, 0.1) is 29.5 Å². The average Bonchev–Trinajstić information content (AvgIpc) is 3.51. The number of epoxide rings is 1. The Morgan fingerprint density at radius 3 is 2.51 bits per heavy atom. The number of Topliss-reactive ketones (excluding diaryl/α,β-unsaturated/α-hetero) is 1. The molecule has 2 spiro atoms. The van der Waals surface area contributed by atoms with Crippen LogP contribution in [0.15, 0.2) is 12.2 Å². The Morgan fingerprint density at radius 1 is 1.08 bits per heavy atom. The van der Waals surface area contributed by atoms with Crippen LogP contribution in [-0.4, -0.2) is 74.8 Å². The maximum absolute atomic E-state index is 14.8. The van der Waals surface area contributed by atoms with Gasteiger partial charge in [0.15, 0.2) is 11.6 Å². The van der Waals surface area contributed by atoms with E-state index < -0.39 is 74.6 Å². The third-order valence-electron chi connectivity index (χ3n) is 12.5. The Morgan fingerprint density at radius 2 is 1.82 bits per heavy atom. The SMILES string of the molecule is CCO[C@@]1(C)C2CC(C)(CC(=O)O2)C2C(=O)[C@]3(O)O[C@@]21[C@](O)(CC)CCC1C3CC2OC23CC=CC(=O)[C@]13C. The van der Waals surface area contributed by atoms with Gasteiger partial charge in [-0.25, -0.2) is 0 Å². The molecule has 9 nitrogen and oxygen atoms in total. The Hall–Kier alpha value is -1.65. The van der Waals surface area contributed by atoms with Crippen LogP contribution in [0.2, 0.25) is 0 Å². The van der Waals surface area contributed by atoms with E-state index >= 15 is 0 Å². The van der Waals surface area contributed by atoms with Crippen LogP contribution in [0.25, 0.3) is 0 Å². The lowest BCUT2D eigenvalue weighted by Crippen LogP contribution is -2.80. The third kappa shape index (κ3) is 2.60. The second kappa shape index (κ2) is 7.40. The number of carbonyl (C=O) groups is 3. The van der Waals surface area contributed by atoms with Gasteiger partial charge >= 0.3 is 5.97 Å². The maximum Gasteiger partial charge on any atom is 0.306 e. The monoisotopic (exact) mass is 544 g/mol. The highest BCUT2D eigenvalue weighted by molar-refractivity contribution is 5.98. The molecule has 9 heteroatoms. The number of esters is 1. The van der Waals surface area contributed by atoms with Crippen LogP contribution in [0.5, 0.6) is 0 Å². The van der Waals surface area contributed by atoms with E-state index in [1.165, 1.54) is 0 Å². The lowest BCUT2D eigenvalue weighted by molar-refractivity contribution is -0.386. The molecule has 6 fully saturated rings. The zero-order valence-corrected chi connectivity index (χ0v) is 23.5. The molecule has 0 aromatic rings. The third-order valence-corrected chi connectivity index (χ3v) is 12.5. The van der Waals surface area contributed by atoms with Gasteiger partial charge in [-0.15, -0.1) is 0 Å². The minimum Gasteiger partial charge on any atom is -0.459 e. The second-order valence-corrected chi connectivity index (χ2v) is 13.9. The van der Waals surface area contributed by atoms with Crippen molar-refractivity contribution in [1.82, 2.24) is 0 Å². The topological polar surface area (TPSA) is 132 Å². The predicted octanol–water partition coefficient (Wildman–Crippen LogP) is 2.39. The number of hydrogen-bond donors (Lipinski definition) is 2. The lowest BCUT2D eigenvalue weighted by atomic mass is 9.47. The lowest BCUT2D eigenvalue weighted by Gasteiger charge is -2.66. The minimum atomic E-state index is -2.29. The molecular weight excluding hydrogens is 504 g/mol. The van der Waals surface area contributed by atoms with Crippen molar-refractivity contribution in [1.29, 1.82) is 0 Å². The highest BCUT2D eigenvalue weighted by atomic mass is 16.7. The van der Waals surface area contributed by atoms with Gasteiger partial charge in [0.2, 0.25) is 5.79 Å². The fraction of sp³-hybridized carbons (Fsp3) is 0.833. The van der Waals surface area contributed by atoms with Crippen molar-refractivity contribution in [3.8, 4) is 0 Å². The fourth-order valence-corrected chi connectivity index (χ4v) is 10.6. The summed E-state index contributed by atoms with van der Waals surface area (Å²) in [5, 5.41) is 25.4. The smallest absolute Gasteiger partial charge is 0.306 e. The highest BCUT2D eigenvalue weighted by Crippen LogP contribution is 2.74. The van der Waals surface area contributed by atoms with E-state index in [4.69, 9.17) is 18.9 Å². The summed E-state index contributed by atoms with van der Waals surface area (Å²) in [6.07, 6.45) is 4.57. The van der Waals surface area contributed by atoms with Crippen LogP contribution < -0.4 is 0 Å². The van der Waals surface area contributed by atoms with Crippen LogP contribution in [0.3, 0.4) is 0 Å². The summed E-state index contributed by atoms with van der Waals surface area (Å²) in [5.41, 5.74) is -7.23. The molecule has 4 aliphatic heterocycles. The molecule has 2 N–H and O–H groups in total. The second-order valence-electron chi connectivity index (χ2n) is 13.9. The summed E-state index contributed by atoms with van der Waals surface area (Å²) in [6, 6.07) is 0. The van der Waals surface area contributed by atoms with E-state index in [0.717, 1.165) is 0 Å². The van der Waals surface area contributed by atoms with Crippen LogP contribution in [-0.2, 0) is 33.3 Å². The molecular formula is C30H40O9. The normalized spacial score (nSPS) is 58.8. The van der Waals surface area contributed by atoms with Crippen LogP contribution >= 0.6 is 0 Å². The Bertz CT molecular complexity index is 1210. The van der Waals surface area contributed by atoms with Gasteiger partial charge in [-0.3, -0.25) is 14.4 Å². The van der Waals surface area contributed by atoms with Crippen molar-refractivity contribution < 1.29 is 43.5 Å². The number of fused-ring (bicyclic) bond motifs is 7. The van der Waals surface area contributed by atoms with Gasteiger partial charge < -0.3 is 29.2 Å². The molecule has 0 amide bonds. The van der Waals surface area contributed by atoms with E-state index in [-0.39, 0.29) is 37.8 Å². The van der Waals surface area contributed by atoms with Gasteiger partial charge in [-0.1, -0.05) is 19.9 Å². The number of ketones is 2. The Kier molecular flexibility index (Phi) is 4.98. The Labute approximate surface area is 228 Å². The number of hydrogen-bond acceptors (Lipinski definition) is 9. The number of allylic oxidation sites excluding steroid dienone is 1. The van der Waals surface area contributed by atoms with Crippen LogP contribution in [0, 0.1) is 28.6 Å². The summed E-state index contributed by atoms with van der Waals surface area (Å²) in [5.74, 6) is -5.51. The summed E-state index contributed by atoms with van der Waals surface area (Å²) < 4.78 is 25.4. The molecule has 4 bridgehead atoms. The molecule has 7 aliphatic rings. The minimum absolute atomic E-state index is 0.0208. The first-order valence-corrected chi connectivity index (χ1v) is 14.6. The number of carbonyl (C=O) groups excluding carboxylic acids is 3. The largest absolute Gasteiger partial charge is 0.459 e. The summed E-state index contributed by atoms with van der Waals surface area (Å²) in [4.78, 5) is 41.4. The molecule has 2 saturated carbocycles. The van der Waals surface area contributed by atoms with E-state index in [1.54, 1.807) is 13.0 Å². The molecule has 3 aliphatic carbocycles. The van der Waals surface area contributed by atoms with E-state index in [9.17, 15) is 24.6 Å². The Balaban J connectivity index is 1.47. The molecule has 12 atom stereocenters. The standard InChI is InChI=1S/C30H40O9/c1-6-27(34)12-10-16-17(13-19-28(38-19)11-8-9-18(31)25(16,28)4)29(35)23(33)22-24(3)14-20(37-21(32)15-24)26(5,36-7-2)30(22,27)39-29/h8-9,16-17,19-20,22,34-35H,6-7,10-15H2,1-5H3/t16?,17?,19?,20?,22?,24?,25-,26-,27-,28?,29+,30-/m0/s1. The van der Waals surface area contributed by atoms with Crippen molar-refractivity contribution in [2.75, 3.05) is 6.61 Å². The van der Waals surface area contributed by atoms with Crippen LogP contribution in [0.4, 0.5) is 0 Å². The highest BCUT2D eigenvalue weighted by Gasteiger charge is 2.87. The molecule has 4 heterocycles. The first-order valence-electron chi connectivity index (χ1n) is 14.6. The average molecular weight is 545 g/mol. The van der Waals surface area contributed by atoms with Gasteiger partial charge in [-0.05, 0) is 76.7 Å². The number of ether oxygens (including phenoxy) is 4. The summed E-state index contributed by atoms with van der Waals surface area (Å²) in [7, 11) is 0. The maximum atomic E-state index is 14.8. The zero-order chi connectivity index (χ0) is 28.0. The summed E-state index contributed by atoms with van der Waals surface area (Å²) in [6.45, 7) is 9.43. The molecule has 4 saturated heterocycles. The molecule has 7 rings (SSSR count). The van der Waals surface area contributed by atoms with Crippen molar-refractivity contribution in [2.24, 2.45) is 28.6 Å². The molecule has 39 heavy (non-hydrogen) atoms. The summed E-state index contributed by atoms with van der Waals surface area (Å²) >= 11 is 0. The van der Waals surface area contributed by atoms with Crippen molar-refractivity contribution in [2.45, 2.75) is 120 Å². The van der Waals surface area contributed by atoms with Gasteiger partial charge in [0, 0.05) is 12.5 Å². The van der Waals surface area contributed by atoms with Crippen molar-refractivity contribution >= 4 is 17.5 Å². The van der Waals surface area contributed by atoms with Crippen molar-refractivity contribution in [3.63, 3.8) is 0 Å². The molecule has 0 radical (unpaired) electrons. The predicted molar refractivity (Wildman–Crippen MR) is 135 cm³/mol. The van der Waals surface area contributed by atoms with E-state index in [1.807, 2.05) is 33.8 Å². The van der Waals surface area contributed by atoms with Gasteiger partial charge in [0.25, 0.3) is 0 Å². The molecule has 0 aromatic carbocycles. The van der Waals surface area contributed by atoms with Crippen LogP contribution in [0.1, 0.15) is 79.6 Å². The van der Waals surface area contributed by atoms with E-state index in [2.05, 4.69) is 0 Å². The van der Waals surface area contributed by atoms with Gasteiger partial charge in [-0.2, -0.15) is 0 Å². The van der Waals surface area contributed by atoms with Gasteiger partial charge in [0.1, 0.15) is 22.9 Å². The fourth-order valence-electron chi connectivity index (χ4n) is 10.6. The van der Waals surface area contributed by atoms with Crippen molar-refractivity contribution in [3.05, 3.63) is 12.2 Å². The molecule has 214 valence electrons. The zero-order valence-electron chi connectivity index (χ0n) is 23.5. The van der Waals surface area contributed by atoms with E-state index in [0.29, 0.717) is 25.7 Å². The first-order chi connectivity index (χ1) is 18.2. The molecule has 7 unspecified atom stereocenters. The number of aliphatic hydroxyl groups is 2. The molecule has 0 aromatic heterocycles. The quantitative estimate of drug-likeness (QED) is 0.406. The first kappa shape index (κ1) is 26.3.